The topological polar surface area (TPSA) is 71.0 Å². The molecule has 4 rings (SSSR count). The highest BCUT2D eigenvalue weighted by atomic mass is 16.6. The first-order chi connectivity index (χ1) is 13.5. The van der Waals surface area contributed by atoms with E-state index in [4.69, 9.17) is 9.47 Å². The fraction of sp³-hybridized carbons (Fsp3) is 0.864. The van der Waals surface area contributed by atoms with Crippen LogP contribution in [0.15, 0.2) is 11.6 Å². The maximum absolute atomic E-state index is 12.6. The lowest BCUT2D eigenvalue weighted by Crippen LogP contribution is -2.54. The van der Waals surface area contributed by atoms with Gasteiger partial charge >= 0.3 is 5.97 Å². The number of morpholine rings is 1. The number of carbonyl (C=O) groups is 1. The first-order valence-electron chi connectivity index (χ1n) is 11.1. The van der Waals surface area contributed by atoms with Crippen LogP contribution >= 0.6 is 0 Å². The van der Waals surface area contributed by atoms with E-state index in [1.165, 1.54) is 5.57 Å². The normalized spacial score (nSPS) is 41.2. The quantitative estimate of drug-likeness (QED) is 0.406. The van der Waals surface area contributed by atoms with E-state index in [-0.39, 0.29) is 29.3 Å². The minimum atomic E-state index is -0.514. The molecule has 6 heteroatoms. The molecular weight excluding hydrogens is 356 g/mol. The van der Waals surface area contributed by atoms with Crippen LogP contribution in [-0.4, -0.2) is 74.1 Å². The van der Waals surface area contributed by atoms with Gasteiger partial charge in [0.05, 0.1) is 25.2 Å². The molecule has 0 unspecified atom stereocenters. The van der Waals surface area contributed by atoms with E-state index in [2.05, 4.69) is 30.1 Å². The number of hydrogen-bond acceptors (Lipinski definition) is 6. The van der Waals surface area contributed by atoms with E-state index in [1.807, 2.05) is 0 Å². The molecule has 0 amide bonds. The molecule has 2 heterocycles. The van der Waals surface area contributed by atoms with Crippen LogP contribution in [0.5, 0.6) is 0 Å². The molecule has 158 valence electrons. The van der Waals surface area contributed by atoms with Gasteiger partial charge in [0.15, 0.2) is 0 Å². The maximum atomic E-state index is 12.6. The summed E-state index contributed by atoms with van der Waals surface area (Å²) in [5.41, 5.74) is 1.08. The summed E-state index contributed by atoms with van der Waals surface area (Å²) in [5.74, 6) is -0.0376. The van der Waals surface area contributed by atoms with Crippen molar-refractivity contribution >= 4 is 5.97 Å². The summed E-state index contributed by atoms with van der Waals surface area (Å²) in [4.78, 5) is 15.0. The third kappa shape index (κ3) is 3.64. The average Bonchev–Trinajstić information content (AvgIpc) is 3.00. The minimum Gasteiger partial charge on any atom is -0.461 e. The largest absolute Gasteiger partial charge is 0.461 e. The number of nitrogens with one attached hydrogen (secondary N) is 1. The van der Waals surface area contributed by atoms with Crippen molar-refractivity contribution in [1.82, 2.24) is 10.2 Å². The highest BCUT2D eigenvalue weighted by Gasteiger charge is 2.59. The zero-order valence-electron chi connectivity index (χ0n) is 17.4. The number of ether oxygens (including phenoxy) is 2. The third-order valence-electron chi connectivity index (χ3n) is 7.87. The molecule has 3 fully saturated rings. The zero-order chi connectivity index (χ0) is 19.7. The molecule has 2 aliphatic heterocycles. The number of aliphatic hydroxyl groups excluding tert-OH is 1. The van der Waals surface area contributed by atoms with Crippen LogP contribution in [0.1, 0.15) is 39.5 Å². The summed E-state index contributed by atoms with van der Waals surface area (Å²) in [6, 6.07) is 0. The standard InChI is InChI=1S/C22H36N2O4/c1-15-5-3-6-16-13-18-19(20(25)22(15,16)2)17(21(26)28-18)14-23-7-4-8-24-9-11-27-12-10-24/h6,15,17-20,23,25H,3-5,7-14H2,1-2H3/t15-,17+,18-,19-,20-,22-/m1/s1. The van der Waals surface area contributed by atoms with Crippen molar-refractivity contribution in [3.05, 3.63) is 11.6 Å². The highest BCUT2D eigenvalue weighted by Crippen LogP contribution is 2.55. The predicted molar refractivity (Wildman–Crippen MR) is 107 cm³/mol. The first kappa shape index (κ1) is 20.3. The molecule has 1 saturated carbocycles. The molecule has 0 bridgehead atoms. The van der Waals surface area contributed by atoms with Crippen LogP contribution in [0.2, 0.25) is 0 Å². The molecule has 6 nitrogen and oxygen atoms in total. The lowest BCUT2D eigenvalue weighted by molar-refractivity contribution is -0.144. The molecule has 2 saturated heterocycles. The van der Waals surface area contributed by atoms with E-state index in [9.17, 15) is 9.90 Å². The predicted octanol–water partition coefficient (Wildman–Crippen LogP) is 1.58. The molecule has 2 aliphatic carbocycles. The summed E-state index contributed by atoms with van der Waals surface area (Å²) in [7, 11) is 0. The number of esters is 1. The molecule has 28 heavy (non-hydrogen) atoms. The van der Waals surface area contributed by atoms with Crippen LogP contribution in [0, 0.1) is 23.2 Å². The van der Waals surface area contributed by atoms with Gasteiger partial charge in [-0.3, -0.25) is 9.69 Å². The number of allylic oxidation sites excluding steroid dienone is 1. The summed E-state index contributed by atoms with van der Waals surface area (Å²) < 4.78 is 11.1. The summed E-state index contributed by atoms with van der Waals surface area (Å²) in [6.07, 6.45) is 5.63. The van der Waals surface area contributed by atoms with Crippen molar-refractivity contribution in [1.29, 1.82) is 0 Å². The minimum absolute atomic E-state index is 0.0954. The fourth-order valence-electron chi connectivity index (χ4n) is 5.81. The van der Waals surface area contributed by atoms with Gasteiger partial charge in [-0.25, -0.2) is 0 Å². The van der Waals surface area contributed by atoms with Gasteiger partial charge < -0.3 is 19.9 Å². The second-order valence-corrected chi connectivity index (χ2v) is 9.31. The Morgan fingerprint density at radius 1 is 1.36 bits per heavy atom. The van der Waals surface area contributed by atoms with Crippen LogP contribution in [0.25, 0.3) is 0 Å². The van der Waals surface area contributed by atoms with Crippen molar-refractivity contribution in [2.45, 2.75) is 51.7 Å². The van der Waals surface area contributed by atoms with Crippen molar-refractivity contribution in [2.24, 2.45) is 23.2 Å². The van der Waals surface area contributed by atoms with E-state index in [1.54, 1.807) is 0 Å². The number of rotatable bonds is 6. The van der Waals surface area contributed by atoms with Crippen LogP contribution in [0.4, 0.5) is 0 Å². The smallest absolute Gasteiger partial charge is 0.311 e. The number of fused-ring (bicyclic) bond motifs is 2. The third-order valence-corrected chi connectivity index (χ3v) is 7.87. The van der Waals surface area contributed by atoms with Crippen molar-refractivity contribution < 1.29 is 19.4 Å². The van der Waals surface area contributed by atoms with Gasteiger partial charge in [-0.15, -0.1) is 0 Å². The van der Waals surface area contributed by atoms with Gasteiger partial charge in [0.25, 0.3) is 0 Å². The summed E-state index contributed by atoms with van der Waals surface area (Å²) in [6.45, 7) is 10.7. The molecule has 0 aromatic rings. The summed E-state index contributed by atoms with van der Waals surface area (Å²) >= 11 is 0. The number of carbonyl (C=O) groups excluding carboxylic acids is 1. The molecule has 6 atom stereocenters. The molecule has 0 spiro atoms. The monoisotopic (exact) mass is 392 g/mol. The Morgan fingerprint density at radius 3 is 2.93 bits per heavy atom. The van der Waals surface area contributed by atoms with Crippen molar-refractivity contribution in [3.8, 4) is 0 Å². The average molecular weight is 393 g/mol. The maximum Gasteiger partial charge on any atom is 0.311 e. The van der Waals surface area contributed by atoms with Gasteiger partial charge in [-0.2, -0.15) is 0 Å². The first-order valence-corrected chi connectivity index (χ1v) is 11.1. The van der Waals surface area contributed by atoms with E-state index < -0.39 is 6.10 Å². The Hall–Kier alpha value is -0.950. The number of aliphatic hydroxyl groups is 1. The molecule has 2 N–H and O–H groups in total. The second-order valence-electron chi connectivity index (χ2n) is 9.31. The molecule has 0 aromatic heterocycles. The Balaban J connectivity index is 1.33. The molecule has 0 aromatic carbocycles. The van der Waals surface area contributed by atoms with Crippen molar-refractivity contribution in [3.63, 3.8) is 0 Å². The Labute approximate surface area is 168 Å². The van der Waals surface area contributed by atoms with Crippen LogP contribution < -0.4 is 5.32 Å². The van der Waals surface area contributed by atoms with E-state index in [0.29, 0.717) is 12.5 Å². The Kier molecular flexibility index (Phi) is 6.12. The van der Waals surface area contributed by atoms with E-state index >= 15 is 0 Å². The number of nitrogens with zero attached hydrogens (tertiary/aromatic N) is 1. The molecular formula is C22H36N2O4. The Bertz CT molecular complexity index is 603. The molecule has 4 aliphatic rings. The zero-order valence-corrected chi connectivity index (χ0v) is 17.4. The van der Waals surface area contributed by atoms with Gasteiger partial charge in [-0.1, -0.05) is 25.5 Å². The highest BCUT2D eigenvalue weighted by molar-refractivity contribution is 5.76. The van der Waals surface area contributed by atoms with E-state index in [0.717, 1.165) is 65.1 Å². The van der Waals surface area contributed by atoms with Gasteiger partial charge in [0.2, 0.25) is 0 Å². The van der Waals surface area contributed by atoms with Crippen LogP contribution in [-0.2, 0) is 14.3 Å². The SMILES string of the molecule is C[C@@H]1CCC=C2C[C@H]3OC(=O)[C@@H](CNCCCN4CCOCC4)[C@H]3[C@@H](O)[C@@]21C. The van der Waals surface area contributed by atoms with Gasteiger partial charge in [0.1, 0.15) is 6.10 Å². The number of hydrogen-bond donors (Lipinski definition) is 2. The lowest BCUT2D eigenvalue weighted by atomic mass is 9.55. The lowest BCUT2D eigenvalue weighted by Gasteiger charge is -2.51. The molecule has 0 radical (unpaired) electrons. The van der Waals surface area contributed by atoms with Gasteiger partial charge in [0, 0.05) is 37.4 Å². The fourth-order valence-corrected chi connectivity index (χ4v) is 5.81. The second kappa shape index (κ2) is 8.42. The van der Waals surface area contributed by atoms with Crippen molar-refractivity contribution in [2.75, 3.05) is 45.9 Å². The Morgan fingerprint density at radius 2 is 2.14 bits per heavy atom. The summed E-state index contributed by atoms with van der Waals surface area (Å²) in [5, 5.41) is 14.8. The van der Waals surface area contributed by atoms with Gasteiger partial charge in [-0.05, 0) is 38.3 Å². The van der Waals surface area contributed by atoms with Crippen LogP contribution in [0.3, 0.4) is 0 Å².